The second-order valence-corrected chi connectivity index (χ2v) is 7.41. The molecule has 0 radical (unpaired) electrons. The zero-order chi connectivity index (χ0) is 24.5. The fourth-order valence-corrected chi connectivity index (χ4v) is 3.15. The second kappa shape index (κ2) is 11.7. The Hall–Kier alpha value is -4.04. The summed E-state index contributed by atoms with van der Waals surface area (Å²) in [7, 11) is 1.50. The van der Waals surface area contributed by atoms with Crippen molar-refractivity contribution < 1.29 is 28.9 Å². The van der Waals surface area contributed by atoms with Crippen LogP contribution in [0.3, 0.4) is 0 Å². The third-order valence-electron chi connectivity index (χ3n) is 4.66. The summed E-state index contributed by atoms with van der Waals surface area (Å²) >= 11 is 6.11. The molecule has 8 nitrogen and oxygen atoms in total. The molecule has 3 aromatic carbocycles. The van der Waals surface area contributed by atoms with E-state index in [4.69, 9.17) is 30.9 Å². The van der Waals surface area contributed by atoms with E-state index in [-0.39, 0.29) is 12.2 Å². The third-order valence-corrected chi connectivity index (χ3v) is 4.90. The molecular weight excluding hydrogens is 460 g/mol. The maximum Gasteiger partial charge on any atom is 0.335 e. The number of carboxylic acid groups (broad SMARTS) is 1. The van der Waals surface area contributed by atoms with Crippen LogP contribution in [0.1, 0.15) is 38.8 Å². The average molecular weight is 483 g/mol. The number of carbonyl (C=O) groups is 2. The molecule has 0 unspecified atom stereocenters. The number of carboxylic acids is 1. The molecule has 0 saturated carbocycles. The van der Waals surface area contributed by atoms with Crippen molar-refractivity contribution in [1.82, 2.24) is 5.43 Å². The van der Waals surface area contributed by atoms with E-state index in [1.54, 1.807) is 48.5 Å². The molecule has 0 spiro atoms. The number of amides is 1. The molecule has 0 aromatic heterocycles. The Morgan fingerprint density at radius 3 is 2.35 bits per heavy atom. The highest BCUT2D eigenvalue weighted by Gasteiger charge is 2.11. The molecular formula is C25H23ClN2O6. The highest BCUT2D eigenvalue weighted by atomic mass is 35.5. The fraction of sp³-hybridized carbons (Fsp3) is 0.160. The summed E-state index contributed by atoms with van der Waals surface area (Å²) < 4.78 is 16.6. The maximum atomic E-state index is 12.5. The van der Waals surface area contributed by atoms with E-state index in [9.17, 15) is 9.59 Å². The van der Waals surface area contributed by atoms with Crippen molar-refractivity contribution in [2.45, 2.75) is 13.5 Å². The van der Waals surface area contributed by atoms with Crippen LogP contribution < -0.4 is 19.6 Å². The Bertz CT molecular complexity index is 1190. The van der Waals surface area contributed by atoms with E-state index in [0.29, 0.717) is 40.0 Å². The van der Waals surface area contributed by atoms with Crippen molar-refractivity contribution in [2.24, 2.45) is 5.10 Å². The smallest absolute Gasteiger partial charge is 0.335 e. The second-order valence-electron chi connectivity index (χ2n) is 6.97. The number of hydrogen-bond acceptors (Lipinski definition) is 6. The van der Waals surface area contributed by atoms with Crippen LogP contribution in [0.4, 0.5) is 0 Å². The van der Waals surface area contributed by atoms with E-state index in [0.717, 1.165) is 5.56 Å². The van der Waals surface area contributed by atoms with Gasteiger partial charge in [-0.3, -0.25) is 4.79 Å². The summed E-state index contributed by atoms with van der Waals surface area (Å²) in [5, 5.41) is 13.5. The Labute approximate surface area is 201 Å². The molecule has 0 heterocycles. The summed E-state index contributed by atoms with van der Waals surface area (Å²) in [5.74, 6) is 0.0613. The van der Waals surface area contributed by atoms with Crippen molar-refractivity contribution in [3.63, 3.8) is 0 Å². The minimum Gasteiger partial charge on any atom is -0.493 e. The number of nitrogens with zero attached hydrogens (tertiary/aromatic N) is 1. The highest BCUT2D eigenvalue weighted by molar-refractivity contribution is 6.30. The Morgan fingerprint density at radius 2 is 1.68 bits per heavy atom. The van der Waals surface area contributed by atoms with Gasteiger partial charge in [-0.05, 0) is 61.0 Å². The molecule has 0 fully saturated rings. The maximum absolute atomic E-state index is 12.5. The number of hydrogen-bond donors (Lipinski definition) is 2. The van der Waals surface area contributed by atoms with Crippen LogP contribution in [-0.2, 0) is 6.61 Å². The number of carbonyl (C=O) groups excluding carboxylic acids is 1. The number of benzene rings is 3. The van der Waals surface area contributed by atoms with Crippen LogP contribution in [0.15, 0.2) is 65.8 Å². The zero-order valence-electron chi connectivity index (χ0n) is 18.6. The highest BCUT2D eigenvalue weighted by Crippen LogP contribution is 2.28. The summed E-state index contributed by atoms with van der Waals surface area (Å²) in [6.45, 7) is 2.54. The quantitative estimate of drug-likeness (QED) is 0.318. The van der Waals surface area contributed by atoms with Crippen molar-refractivity contribution in [2.75, 3.05) is 13.7 Å². The number of nitrogens with one attached hydrogen (secondary N) is 1. The molecule has 34 heavy (non-hydrogen) atoms. The number of rotatable bonds is 10. The molecule has 0 aliphatic rings. The van der Waals surface area contributed by atoms with Gasteiger partial charge in [-0.2, -0.15) is 5.10 Å². The topological polar surface area (TPSA) is 106 Å². The lowest BCUT2D eigenvalue weighted by Gasteiger charge is -2.11. The van der Waals surface area contributed by atoms with Crippen molar-refractivity contribution in [3.8, 4) is 17.2 Å². The van der Waals surface area contributed by atoms with Gasteiger partial charge in [0.2, 0.25) is 0 Å². The first-order chi connectivity index (χ1) is 16.4. The molecule has 0 saturated heterocycles. The summed E-state index contributed by atoms with van der Waals surface area (Å²) in [4.78, 5) is 23.5. The van der Waals surface area contributed by atoms with Gasteiger partial charge in [0.15, 0.2) is 11.5 Å². The van der Waals surface area contributed by atoms with Crippen LogP contribution in [0.25, 0.3) is 0 Å². The van der Waals surface area contributed by atoms with Gasteiger partial charge in [0.05, 0.1) is 25.5 Å². The molecule has 0 aliphatic carbocycles. The van der Waals surface area contributed by atoms with E-state index < -0.39 is 11.9 Å². The SMILES string of the molecule is CCOc1ccc(C(=O)N/N=C/c2cc(Cl)ccc2OCc2ccc(C(=O)O)cc2)cc1OC. The van der Waals surface area contributed by atoms with Crippen LogP contribution in [0, 0.1) is 0 Å². The minimum atomic E-state index is -0.991. The van der Waals surface area contributed by atoms with Crippen LogP contribution in [-0.4, -0.2) is 36.9 Å². The first kappa shape index (κ1) is 24.6. The fourth-order valence-electron chi connectivity index (χ4n) is 2.96. The summed E-state index contributed by atoms with van der Waals surface area (Å²) in [6, 6.07) is 16.2. The van der Waals surface area contributed by atoms with Gasteiger partial charge < -0.3 is 19.3 Å². The Kier molecular flexibility index (Phi) is 8.48. The molecule has 3 aromatic rings. The van der Waals surface area contributed by atoms with Gasteiger partial charge in [0.25, 0.3) is 5.91 Å². The number of halogens is 1. The van der Waals surface area contributed by atoms with Crippen molar-refractivity contribution in [1.29, 1.82) is 0 Å². The van der Waals surface area contributed by atoms with Crippen molar-refractivity contribution in [3.05, 3.63) is 87.9 Å². The number of ether oxygens (including phenoxy) is 3. The van der Waals surface area contributed by atoms with Gasteiger partial charge in [0, 0.05) is 16.1 Å². The lowest BCUT2D eigenvalue weighted by Crippen LogP contribution is -2.17. The molecule has 176 valence electrons. The predicted molar refractivity (Wildman–Crippen MR) is 128 cm³/mol. The molecule has 3 rings (SSSR count). The molecule has 0 bridgehead atoms. The summed E-state index contributed by atoms with van der Waals surface area (Å²) in [6.07, 6.45) is 1.43. The van der Waals surface area contributed by atoms with Gasteiger partial charge in [0.1, 0.15) is 12.4 Å². The first-order valence-corrected chi connectivity index (χ1v) is 10.7. The monoisotopic (exact) mass is 482 g/mol. The first-order valence-electron chi connectivity index (χ1n) is 10.3. The van der Waals surface area contributed by atoms with E-state index in [1.807, 2.05) is 6.92 Å². The number of methoxy groups -OCH3 is 1. The molecule has 0 atom stereocenters. The molecule has 2 N–H and O–H groups in total. The normalized spacial score (nSPS) is 10.7. The zero-order valence-corrected chi connectivity index (χ0v) is 19.3. The van der Waals surface area contributed by atoms with Crippen molar-refractivity contribution >= 4 is 29.7 Å². The van der Waals surface area contributed by atoms with Gasteiger partial charge in [-0.1, -0.05) is 23.7 Å². The van der Waals surface area contributed by atoms with Gasteiger partial charge >= 0.3 is 5.97 Å². The summed E-state index contributed by atoms with van der Waals surface area (Å²) in [5.41, 5.74) is 4.36. The molecule has 9 heteroatoms. The number of hydrazone groups is 1. The van der Waals surface area contributed by atoms with E-state index >= 15 is 0 Å². The molecule has 0 aliphatic heterocycles. The minimum absolute atomic E-state index is 0.198. The lowest BCUT2D eigenvalue weighted by atomic mass is 10.1. The Morgan fingerprint density at radius 1 is 0.971 bits per heavy atom. The van der Waals surface area contributed by atoms with E-state index in [2.05, 4.69) is 10.5 Å². The molecule has 1 amide bonds. The predicted octanol–water partition coefficient (Wildman–Crippen LogP) is 4.79. The lowest BCUT2D eigenvalue weighted by molar-refractivity contribution is 0.0696. The van der Waals surface area contributed by atoms with Crippen LogP contribution in [0.5, 0.6) is 17.2 Å². The van der Waals surface area contributed by atoms with E-state index in [1.165, 1.54) is 25.5 Å². The standard InChI is InChI=1S/C25H23ClN2O6/c1-3-33-22-10-8-18(13-23(22)32-2)24(29)28-27-14-19-12-20(26)9-11-21(19)34-15-16-4-6-17(7-5-16)25(30)31/h4-14H,3,15H2,1-2H3,(H,28,29)(H,30,31)/b27-14+. The van der Waals surface area contributed by atoms with Gasteiger partial charge in [-0.15, -0.1) is 0 Å². The van der Waals surface area contributed by atoms with Crippen LogP contribution >= 0.6 is 11.6 Å². The average Bonchev–Trinajstić information content (AvgIpc) is 2.84. The van der Waals surface area contributed by atoms with Crippen LogP contribution in [0.2, 0.25) is 5.02 Å². The largest absolute Gasteiger partial charge is 0.493 e. The van der Waals surface area contributed by atoms with Gasteiger partial charge in [-0.25, -0.2) is 10.2 Å². The third kappa shape index (κ3) is 6.49. The Balaban J connectivity index is 1.68. The number of aromatic carboxylic acids is 1.